The molecular formula is C23H39B. The maximum absolute atomic E-state index is 4.16. The molecule has 6 rings (SSSR count). The van der Waals surface area contributed by atoms with E-state index in [0.29, 0.717) is 10.8 Å². The van der Waals surface area contributed by atoms with Crippen molar-refractivity contribution < 1.29 is 0 Å². The molecule has 6 fully saturated rings. The lowest BCUT2D eigenvalue weighted by atomic mass is 9.20. The van der Waals surface area contributed by atoms with Crippen LogP contribution in [-0.4, -0.2) is 6.71 Å². The van der Waals surface area contributed by atoms with E-state index in [-0.39, 0.29) is 0 Å². The van der Waals surface area contributed by atoms with Gasteiger partial charge >= 0.3 is 0 Å². The van der Waals surface area contributed by atoms with Crippen LogP contribution in [0.5, 0.6) is 0 Å². The zero-order valence-electron chi connectivity index (χ0n) is 17.0. The van der Waals surface area contributed by atoms with E-state index in [2.05, 4.69) is 54.2 Å². The molecule has 0 aliphatic heterocycles. The second kappa shape index (κ2) is 5.40. The lowest BCUT2D eigenvalue weighted by molar-refractivity contribution is -0.107. The number of allylic oxidation sites excluding steroid dienone is 1. The van der Waals surface area contributed by atoms with E-state index < -0.39 is 0 Å². The molecule has 0 aromatic carbocycles. The Bertz CT molecular complexity index is 476. The maximum atomic E-state index is 4.16. The quantitative estimate of drug-likeness (QED) is 0.393. The zero-order valence-corrected chi connectivity index (χ0v) is 17.0. The monoisotopic (exact) mass is 326 g/mol. The van der Waals surface area contributed by atoms with Crippen molar-refractivity contribution >= 4 is 6.71 Å². The molecule has 24 heavy (non-hydrogen) atoms. The van der Waals surface area contributed by atoms with E-state index in [0.717, 1.165) is 53.9 Å². The molecule has 0 heterocycles. The van der Waals surface area contributed by atoms with Gasteiger partial charge in [-0.25, -0.2) is 0 Å². The minimum atomic E-state index is 0.622. The number of hydrogen-bond donors (Lipinski definition) is 0. The van der Waals surface area contributed by atoms with Crippen molar-refractivity contribution in [1.82, 2.24) is 0 Å². The molecule has 1 heteroatoms. The second-order valence-corrected chi connectivity index (χ2v) is 11.4. The molecule has 134 valence electrons. The van der Waals surface area contributed by atoms with Crippen molar-refractivity contribution in [3.63, 3.8) is 0 Å². The third kappa shape index (κ3) is 2.11. The standard InChI is InChI=1S/C23H39B/c1-8-9-24(20-12-16-10-18(14(20)2)22(16,4)5)21-13-17-11-19(15(21)3)23(17,6)7/h8,14-21H,1,9-13H2,2-7H3/t14-,15-,16-,17-,18-,19-,20+,21+/m1/s1. The van der Waals surface area contributed by atoms with Gasteiger partial charge in [0, 0.05) is 0 Å². The fraction of sp³-hybridized carbons (Fsp3) is 0.913. The van der Waals surface area contributed by atoms with Crippen molar-refractivity contribution in [2.75, 3.05) is 0 Å². The molecule has 6 aliphatic carbocycles. The van der Waals surface area contributed by atoms with Gasteiger partial charge in [0.15, 0.2) is 6.71 Å². The predicted octanol–water partition coefficient (Wildman–Crippen LogP) is 6.81. The third-order valence-corrected chi connectivity index (χ3v) is 10.4. The number of hydrogen-bond acceptors (Lipinski definition) is 0. The molecule has 8 atom stereocenters. The summed E-state index contributed by atoms with van der Waals surface area (Å²) in [6, 6.07) is 0. The second-order valence-electron chi connectivity index (χ2n) is 11.4. The Hall–Kier alpha value is -0.195. The van der Waals surface area contributed by atoms with Crippen molar-refractivity contribution in [1.29, 1.82) is 0 Å². The average Bonchev–Trinajstić information content (AvgIpc) is 2.52. The molecule has 0 aromatic rings. The van der Waals surface area contributed by atoms with Crippen LogP contribution in [0, 0.1) is 46.3 Å². The molecule has 0 nitrogen and oxygen atoms in total. The Labute approximate surface area is 151 Å². The summed E-state index contributed by atoms with van der Waals surface area (Å²) in [5.74, 6) is 7.75. The van der Waals surface area contributed by atoms with Crippen LogP contribution in [0.25, 0.3) is 0 Å². The van der Waals surface area contributed by atoms with E-state index in [9.17, 15) is 0 Å². The van der Waals surface area contributed by atoms with Gasteiger partial charge < -0.3 is 0 Å². The van der Waals surface area contributed by atoms with Gasteiger partial charge in [-0.3, -0.25) is 0 Å². The first-order valence-electron chi connectivity index (χ1n) is 10.8. The fourth-order valence-electron chi connectivity index (χ4n) is 8.37. The summed E-state index contributed by atoms with van der Waals surface area (Å²) < 4.78 is 0. The van der Waals surface area contributed by atoms with Crippen molar-refractivity contribution in [3.05, 3.63) is 12.7 Å². The van der Waals surface area contributed by atoms with E-state index in [1.807, 2.05) is 0 Å². The van der Waals surface area contributed by atoms with Crippen LogP contribution in [0.15, 0.2) is 12.7 Å². The topological polar surface area (TPSA) is 0 Å². The van der Waals surface area contributed by atoms with Gasteiger partial charge in [-0.1, -0.05) is 78.4 Å². The average molecular weight is 326 g/mol. The van der Waals surface area contributed by atoms with Gasteiger partial charge in [0.2, 0.25) is 0 Å². The van der Waals surface area contributed by atoms with Crippen molar-refractivity contribution in [3.8, 4) is 0 Å². The Morgan fingerprint density at radius 3 is 1.54 bits per heavy atom. The first-order valence-corrected chi connectivity index (χ1v) is 10.8. The molecule has 0 radical (unpaired) electrons. The van der Waals surface area contributed by atoms with Crippen LogP contribution >= 0.6 is 0 Å². The van der Waals surface area contributed by atoms with Gasteiger partial charge in [0.05, 0.1) is 0 Å². The lowest BCUT2D eigenvalue weighted by Crippen LogP contribution is -2.59. The molecule has 0 amide bonds. The summed E-state index contributed by atoms with van der Waals surface area (Å²) in [6.07, 6.45) is 9.56. The van der Waals surface area contributed by atoms with Gasteiger partial charge in [-0.05, 0) is 59.2 Å². The molecule has 6 aliphatic rings. The Morgan fingerprint density at radius 1 is 0.833 bits per heavy atom. The Balaban J connectivity index is 1.55. The minimum absolute atomic E-state index is 0.622. The highest BCUT2D eigenvalue weighted by Crippen LogP contribution is 2.69. The largest absolute Gasteiger partial charge is 0.150 e. The highest BCUT2D eigenvalue weighted by Gasteiger charge is 2.61. The Morgan fingerprint density at radius 2 is 1.25 bits per heavy atom. The molecule has 0 spiro atoms. The lowest BCUT2D eigenvalue weighted by Gasteiger charge is -2.66. The molecule has 4 bridgehead atoms. The van der Waals surface area contributed by atoms with Gasteiger partial charge in [-0.2, -0.15) is 0 Å². The fourth-order valence-corrected chi connectivity index (χ4v) is 8.37. The molecule has 0 unspecified atom stereocenters. The summed E-state index contributed by atoms with van der Waals surface area (Å²) in [5, 5.41) is 0. The van der Waals surface area contributed by atoms with Crippen molar-refractivity contribution in [2.45, 2.75) is 85.2 Å². The highest BCUT2D eigenvalue weighted by molar-refractivity contribution is 6.62. The van der Waals surface area contributed by atoms with Crippen molar-refractivity contribution in [2.24, 2.45) is 46.3 Å². The summed E-state index contributed by atoms with van der Waals surface area (Å²) in [7, 11) is 0. The smallest absolute Gasteiger partial charge is 0.104 e. The van der Waals surface area contributed by atoms with Gasteiger partial charge in [0.25, 0.3) is 0 Å². The first-order chi connectivity index (χ1) is 11.2. The summed E-state index contributed by atoms with van der Waals surface area (Å²) >= 11 is 0. The molecule has 0 N–H and O–H groups in total. The van der Waals surface area contributed by atoms with Crippen LogP contribution in [0.1, 0.15) is 67.2 Å². The van der Waals surface area contributed by atoms with E-state index >= 15 is 0 Å². The SMILES string of the molecule is C=CCB([C@H]1C[C@H]2C[C@H]([C@H]1C)C2(C)C)[C@H]1C[C@H]2C[C@H]([C@H]1C)C2(C)C. The van der Waals surface area contributed by atoms with Crippen LogP contribution < -0.4 is 0 Å². The molecule has 6 saturated carbocycles. The summed E-state index contributed by atoms with van der Waals surface area (Å²) in [6.45, 7) is 20.4. The first kappa shape index (κ1) is 17.2. The van der Waals surface area contributed by atoms with Gasteiger partial charge in [0.1, 0.15) is 0 Å². The maximum Gasteiger partial charge on any atom is 0.150 e. The van der Waals surface area contributed by atoms with E-state index in [1.54, 1.807) is 0 Å². The summed E-state index contributed by atoms with van der Waals surface area (Å²) in [5.41, 5.74) is 1.24. The van der Waals surface area contributed by atoms with E-state index in [1.165, 1.54) is 32.0 Å². The zero-order chi connectivity index (χ0) is 17.4. The summed E-state index contributed by atoms with van der Waals surface area (Å²) in [4.78, 5) is 0. The Kier molecular flexibility index (Phi) is 3.88. The van der Waals surface area contributed by atoms with Gasteiger partial charge in [-0.15, -0.1) is 6.58 Å². The number of fused-ring (bicyclic) bond motifs is 4. The van der Waals surface area contributed by atoms with E-state index in [4.69, 9.17) is 0 Å². The predicted molar refractivity (Wildman–Crippen MR) is 107 cm³/mol. The van der Waals surface area contributed by atoms with Crippen LogP contribution in [0.2, 0.25) is 18.0 Å². The highest BCUT2D eigenvalue weighted by atomic mass is 14.6. The minimum Gasteiger partial charge on any atom is -0.104 e. The molecular weight excluding hydrogens is 287 g/mol. The van der Waals surface area contributed by atoms with Crippen LogP contribution in [-0.2, 0) is 0 Å². The third-order valence-electron chi connectivity index (χ3n) is 10.4. The molecule has 0 saturated heterocycles. The molecule has 0 aromatic heterocycles. The van der Waals surface area contributed by atoms with Crippen LogP contribution in [0.3, 0.4) is 0 Å². The van der Waals surface area contributed by atoms with Crippen LogP contribution in [0.4, 0.5) is 0 Å². The number of rotatable bonds is 4. The normalized spacial score (nSPS) is 50.4.